The molecule has 0 saturated carbocycles. The van der Waals surface area contributed by atoms with E-state index in [1.165, 1.54) is 54.6 Å². The van der Waals surface area contributed by atoms with Crippen LogP contribution in [0.2, 0.25) is 10.0 Å². The molecular formula is C16H12Cl2N2O4S2. The topological polar surface area (TPSA) is 118 Å². The molecule has 0 atom stereocenters. The van der Waals surface area contributed by atoms with Gasteiger partial charge in [0.15, 0.2) is 14.7 Å². The molecule has 6 nitrogen and oxygen atoms in total. The van der Waals surface area contributed by atoms with Crippen LogP contribution in [0.5, 0.6) is 0 Å². The van der Waals surface area contributed by atoms with Gasteiger partial charge < -0.3 is 5.73 Å². The molecule has 2 aromatic carbocycles. The normalized spacial score (nSPS) is 13.0. The van der Waals surface area contributed by atoms with Crippen LogP contribution in [-0.2, 0) is 19.7 Å². The maximum atomic E-state index is 12.6. The number of nitrogens with two attached hydrogens (primary N) is 1. The first kappa shape index (κ1) is 20.3. The van der Waals surface area contributed by atoms with Gasteiger partial charge in [-0.2, -0.15) is 5.26 Å². The fraction of sp³-hybridized carbons (Fsp3) is 0.0625. The van der Waals surface area contributed by atoms with Crippen molar-refractivity contribution >= 4 is 42.9 Å². The Kier molecular flexibility index (Phi) is 5.98. The molecule has 2 N–H and O–H groups in total. The van der Waals surface area contributed by atoms with Gasteiger partial charge in [-0.25, -0.2) is 16.8 Å². The van der Waals surface area contributed by atoms with Crippen molar-refractivity contribution in [2.75, 3.05) is 5.75 Å². The third kappa shape index (κ3) is 4.37. The molecule has 0 heterocycles. The zero-order chi connectivity index (χ0) is 19.5. The molecule has 0 aliphatic carbocycles. The van der Waals surface area contributed by atoms with Gasteiger partial charge in [0.1, 0.15) is 6.07 Å². The van der Waals surface area contributed by atoms with E-state index in [4.69, 9.17) is 28.9 Å². The van der Waals surface area contributed by atoms with Crippen molar-refractivity contribution in [3.8, 4) is 6.07 Å². The summed E-state index contributed by atoms with van der Waals surface area (Å²) in [5.74, 6) is -0.829. The molecule has 0 aromatic heterocycles. The van der Waals surface area contributed by atoms with Crippen molar-refractivity contribution in [3.63, 3.8) is 0 Å². The van der Waals surface area contributed by atoms with Crippen molar-refractivity contribution in [1.29, 1.82) is 5.26 Å². The van der Waals surface area contributed by atoms with Gasteiger partial charge in [0.05, 0.1) is 21.2 Å². The molecule has 0 unspecified atom stereocenters. The molecule has 26 heavy (non-hydrogen) atoms. The van der Waals surface area contributed by atoms with Crippen molar-refractivity contribution < 1.29 is 16.8 Å². The Balaban J connectivity index is 2.47. The lowest BCUT2D eigenvalue weighted by Crippen LogP contribution is -2.19. The molecule has 10 heteroatoms. The molecule has 2 rings (SSSR count). The second-order valence-corrected chi connectivity index (χ2v) is 9.89. The Morgan fingerprint density at radius 1 is 0.885 bits per heavy atom. The van der Waals surface area contributed by atoms with Gasteiger partial charge in [-0.3, -0.25) is 0 Å². The van der Waals surface area contributed by atoms with Gasteiger partial charge in [-0.15, -0.1) is 0 Å². The van der Waals surface area contributed by atoms with Gasteiger partial charge >= 0.3 is 0 Å². The van der Waals surface area contributed by atoms with E-state index < -0.39 is 36.0 Å². The standard InChI is InChI=1S/C16H12Cl2N2O4S2/c17-11-1-5-13(6-2-11)25(21,22)10-15(20)16(9-19)26(23,24)14-7-3-12(18)4-8-14/h1-8H,10,20H2/b16-15+. The third-order valence-corrected chi connectivity index (χ3v) is 7.27. The number of sulfone groups is 2. The van der Waals surface area contributed by atoms with Gasteiger partial charge in [-0.1, -0.05) is 23.2 Å². The van der Waals surface area contributed by atoms with Crippen LogP contribution < -0.4 is 5.73 Å². The SMILES string of the molecule is N#C/C(=C(\N)CS(=O)(=O)c1ccc(Cl)cc1)S(=O)(=O)c1ccc(Cl)cc1. The lowest BCUT2D eigenvalue weighted by molar-refractivity contribution is 0.598. The fourth-order valence-electron chi connectivity index (χ4n) is 2.03. The molecule has 0 bridgehead atoms. The van der Waals surface area contributed by atoms with Crippen molar-refractivity contribution in [1.82, 2.24) is 0 Å². The molecule has 0 fully saturated rings. The average Bonchev–Trinajstić information content (AvgIpc) is 2.55. The Bertz CT molecular complexity index is 1100. The number of benzene rings is 2. The van der Waals surface area contributed by atoms with Gasteiger partial charge in [0, 0.05) is 10.0 Å². The summed E-state index contributed by atoms with van der Waals surface area (Å²) < 4.78 is 49.9. The first-order valence-corrected chi connectivity index (χ1v) is 10.8. The van der Waals surface area contributed by atoms with Crippen LogP contribution in [0, 0.1) is 11.3 Å². The average molecular weight is 431 g/mol. The predicted molar refractivity (Wildman–Crippen MR) is 99.0 cm³/mol. The summed E-state index contributed by atoms with van der Waals surface area (Å²) in [5, 5.41) is 9.90. The lowest BCUT2D eigenvalue weighted by atomic mass is 10.4. The number of hydrogen-bond acceptors (Lipinski definition) is 6. The van der Waals surface area contributed by atoms with Gasteiger partial charge in [0.25, 0.3) is 0 Å². The molecule has 0 radical (unpaired) electrons. The van der Waals surface area contributed by atoms with E-state index in [9.17, 15) is 22.1 Å². The molecular weight excluding hydrogens is 419 g/mol. The molecule has 0 saturated heterocycles. The predicted octanol–water partition coefficient (Wildman–Crippen LogP) is 2.93. The summed E-state index contributed by atoms with van der Waals surface area (Å²) in [4.78, 5) is -1.13. The number of nitrogens with zero attached hydrogens (tertiary/aromatic N) is 1. The monoisotopic (exact) mass is 430 g/mol. The summed E-state index contributed by atoms with van der Waals surface area (Å²) in [6.07, 6.45) is 0. The van der Waals surface area contributed by atoms with Crippen LogP contribution in [0.15, 0.2) is 68.9 Å². The van der Waals surface area contributed by atoms with Crippen LogP contribution in [-0.4, -0.2) is 22.6 Å². The highest BCUT2D eigenvalue weighted by Gasteiger charge is 2.27. The van der Waals surface area contributed by atoms with Crippen LogP contribution >= 0.6 is 23.2 Å². The van der Waals surface area contributed by atoms with Crippen molar-refractivity contribution in [3.05, 3.63) is 69.2 Å². The quantitative estimate of drug-likeness (QED) is 0.728. The second kappa shape index (κ2) is 7.68. The van der Waals surface area contributed by atoms with E-state index in [0.29, 0.717) is 10.0 Å². The van der Waals surface area contributed by atoms with Crippen molar-refractivity contribution in [2.24, 2.45) is 5.73 Å². The molecule has 0 aliphatic heterocycles. The molecule has 0 amide bonds. The summed E-state index contributed by atoms with van der Waals surface area (Å²) in [6, 6.07) is 11.9. The summed E-state index contributed by atoms with van der Waals surface area (Å²) >= 11 is 11.4. The lowest BCUT2D eigenvalue weighted by Gasteiger charge is -2.09. The maximum absolute atomic E-state index is 12.6. The number of allylic oxidation sites excluding steroid dienone is 1. The van der Waals surface area contributed by atoms with Gasteiger partial charge in [0.2, 0.25) is 9.84 Å². The Hall–Kier alpha value is -2.05. The minimum atomic E-state index is -4.28. The van der Waals surface area contributed by atoms with E-state index in [0.717, 1.165) is 0 Å². The molecule has 136 valence electrons. The maximum Gasteiger partial charge on any atom is 0.218 e. The van der Waals surface area contributed by atoms with E-state index in [1.807, 2.05) is 0 Å². The van der Waals surface area contributed by atoms with Crippen LogP contribution in [0.25, 0.3) is 0 Å². The highest BCUT2D eigenvalue weighted by Crippen LogP contribution is 2.24. The zero-order valence-electron chi connectivity index (χ0n) is 13.1. The molecule has 0 spiro atoms. The highest BCUT2D eigenvalue weighted by atomic mass is 35.5. The second-order valence-electron chi connectivity index (χ2n) is 5.14. The third-order valence-electron chi connectivity index (χ3n) is 3.30. The number of rotatable bonds is 5. The van der Waals surface area contributed by atoms with E-state index >= 15 is 0 Å². The Morgan fingerprint density at radius 3 is 1.73 bits per heavy atom. The summed E-state index contributed by atoms with van der Waals surface area (Å²) in [7, 11) is -8.24. The fourth-order valence-corrected chi connectivity index (χ4v) is 4.91. The van der Waals surface area contributed by atoms with E-state index in [-0.39, 0.29) is 9.79 Å². The number of halogens is 2. The smallest absolute Gasteiger partial charge is 0.218 e. The molecule has 0 aliphatic rings. The van der Waals surface area contributed by atoms with Gasteiger partial charge in [-0.05, 0) is 48.5 Å². The Labute approximate surface area is 161 Å². The van der Waals surface area contributed by atoms with Crippen LogP contribution in [0.3, 0.4) is 0 Å². The summed E-state index contributed by atoms with van der Waals surface area (Å²) in [5.41, 5.74) is 5.11. The Morgan fingerprint density at radius 2 is 1.31 bits per heavy atom. The van der Waals surface area contributed by atoms with Crippen LogP contribution in [0.1, 0.15) is 0 Å². The minimum absolute atomic E-state index is 0.0916. The first-order valence-electron chi connectivity index (χ1n) is 6.95. The highest BCUT2D eigenvalue weighted by molar-refractivity contribution is 7.95. The number of hydrogen-bond donors (Lipinski definition) is 1. The van der Waals surface area contributed by atoms with Crippen LogP contribution in [0.4, 0.5) is 0 Å². The largest absolute Gasteiger partial charge is 0.400 e. The van der Waals surface area contributed by atoms with E-state index in [1.54, 1.807) is 0 Å². The summed E-state index contributed by atoms with van der Waals surface area (Å²) in [6.45, 7) is 0. The zero-order valence-corrected chi connectivity index (χ0v) is 16.2. The van der Waals surface area contributed by atoms with Crippen molar-refractivity contribution in [2.45, 2.75) is 9.79 Å². The minimum Gasteiger partial charge on any atom is -0.400 e. The number of nitriles is 1. The van der Waals surface area contributed by atoms with E-state index in [2.05, 4.69) is 0 Å². The molecule has 2 aromatic rings. The first-order chi connectivity index (χ1) is 12.1.